The van der Waals surface area contributed by atoms with E-state index >= 15 is 0 Å². The number of carbonyl (C=O) groups excluding carboxylic acids is 1. The zero-order valence-electron chi connectivity index (χ0n) is 9.80. The van der Waals surface area contributed by atoms with E-state index in [1.807, 2.05) is 0 Å². The Morgan fingerprint density at radius 3 is 2.44 bits per heavy atom. The highest BCUT2D eigenvalue weighted by Gasteiger charge is 2.02. The van der Waals surface area contributed by atoms with Crippen LogP contribution in [0.25, 0.3) is 0 Å². The van der Waals surface area contributed by atoms with Crippen LogP contribution in [0.2, 0.25) is 0 Å². The fourth-order valence-electron chi connectivity index (χ4n) is 1.12. The van der Waals surface area contributed by atoms with Crippen LogP contribution in [0.5, 0.6) is 0 Å². The number of aromatic nitrogens is 2. The van der Waals surface area contributed by atoms with Crippen molar-refractivity contribution in [2.24, 2.45) is 5.73 Å². The van der Waals surface area contributed by atoms with Gasteiger partial charge in [0.05, 0.1) is 5.69 Å². The molecular weight excluding hydrogens is 235 g/mol. The van der Waals surface area contributed by atoms with Crippen molar-refractivity contribution in [3.8, 4) is 0 Å². The molecule has 94 valence electrons. The standard InChI is InChI=1S/C8H9FN2O.C4H4N2/c1-5-2-3-6(9)7(4-5)11-8(10)12;1-2-5-4-6-3-1/h2-4H,1H3,(H3,10,11,12);1-4H. The summed E-state index contributed by atoms with van der Waals surface area (Å²) in [4.78, 5) is 17.7. The second-order valence-corrected chi connectivity index (χ2v) is 3.38. The number of benzene rings is 1. The van der Waals surface area contributed by atoms with Gasteiger partial charge in [-0.05, 0) is 30.7 Å². The van der Waals surface area contributed by atoms with E-state index in [0.29, 0.717) is 0 Å². The summed E-state index contributed by atoms with van der Waals surface area (Å²) in [5.74, 6) is -0.487. The molecule has 0 atom stereocenters. The molecular formula is C12H13FN4O. The van der Waals surface area contributed by atoms with Crippen molar-refractivity contribution in [3.63, 3.8) is 0 Å². The van der Waals surface area contributed by atoms with Crippen molar-refractivity contribution in [3.05, 3.63) is 54.4 Å². The average Bonchev–Trinajstić information content (AvgIpc) is 2.36. The number of carbonyl (C=O) groups is 1. The lowest BCUT2D eigenvalue weighted by atomic mass is 10.2. The summed E-state index contributed by atoms with van der Waals surface area (Å²) in [5, 5.41) is 2.18. The number of nitrogens with one attached hydrogen (secondary N) is 1. The Kier molecular flexibility index (Phi) is 5.24. The van der Waals surface area contributed by atoms with E-state index < -0.39 is 11.8 Å². The lowest BCUT2D eigenvalue weighted by Gasteiger charge is -2.03. The first-order valence-electron chi connectivity index (χ1n) is 5.12. The SMILES string of the molecule is Cc1ccc(F)c(NC(N)=O)c1.c1cncnc1. The van der Waals surface area contributed by atoms with Crippen LogP contribution < -0.4 is 11.1 Å². The monoisotopic (exact) mass is 248 g/mol. The molecule has 18 heavy (non-hydrogen) atoms. The lowest BCUT2D eigenvalue weighted by molar-refractivity contribution is 0.259. The zero-order valence-corrected chi connectivity index (χ0v) is 9.80. The van der Waals surface area contributed by atoms with Crippen molar-refractivity contribution >= 4 is 11.7 Å². The zero-order chi connectivity index (χ0) is 13.4. The quantitative estimate of drug-likeness (QED) is 0.810. The van der Waals surface area contributed by atoms with Gasteiger partial charge >= 0.3 is 6.03 Å². The van der Waals surface area contributed by atoms with E-state index in [1.54, 1.807) is 31.5 Å². The number of primary amides is 1. The number of anilines is 1. The van der Waals surface area contributed by atoms with Crippen LogP contribution in [0.15, 0.2) is 43.0 Å². The molecule has 0 saturated heterocycles. The molecule has 0 aliphatic heterocycles. The first-order chi connectivity index (χ1) is 8.59. The van der Waals surface area contributed by atoms with Crippen molar-refractivity contribution < 1.29 is 9.18 Å². The summed E-state index contributed by atoms with van der Waals surface area (Å²) in [6.45, 7) is 1.80. The van der Waals surface area contributed by atoms with Gasteiger partial charge in [0.25, 0.3) is 0 Å². The van der Waals surface area contributed by atoms with E-state index in [-0.39, 0.29) is 5.69 Å². The average molecular weight is 248 g/mol. The second-order valence-electron chi connectivity index (χ2n) is 3.38. The van der Waals surface area contributed by atoms with Gasteiger partial charge in [-0.1, -0.05) is 6.07 Å². The molecule has 3 N–H and O–H groups in total. The smallest absolute Gasteiger partial charge is 0.316 e. The van der Waals surface area contributed by atoms with Gasteiger partial charge < -0.3 is 11.1 Å². The Morgan fingerprint density at radius 1 is 1.33 bits per heavy atom. The molecule has 1 heterocycles. The summed E-state index contributed by atoms with van der Waals surface area (Å²) < 4.78 is 12.9. The van der Waals surface area contributed by atoms with E-state index in [4.69, 9.17) is 5.73 Å². The van der Waals surface area contributed by atoms with Gasteiger partial charge in [-0.2, -0.15) is 0 Å². The van der Waals surface area contributed by atoms with Crippen molar-refractivity contribution in [2.45, 2.75) is 6.92 Å². The highest BCUT2D eigenvalue weighted by atomic mass is 19.1. The van der Waals surface area contributed by atoms with Gasteiger partial charge in [-0.15, -0.1) is 0 Å². The number of nitrogens with two attached hydrogens (primary N) is 1. The third kappa shape index (κ3) is 5.02. The minimum atomic E-state index is -0.764. The molecule has 2 amide bonds. The van der Waals surface area contributed by atoms with Gasteiger partial charge in [0.1, 0.15) is 12.1 Å². The molecule has 5 nitrogen and oxygen atoms in total. The predicted molar refractivity (Wildman–Crippen MR) is 66.4 cm³/mol. The fraction of sp³-hybridized carbons (Fsp3) is 0.0833. The van der Waals surface area contributed by atoms with Crippen molar-refractivity contribution in [1.29, 1.82) is 0 Å². The molecule has 6 heteroatoms. The van der Waals surface area contributed by atoms with Gasteiger partial charge in [-0.25, -0.2) is 19.2 Å². The Morgan fingerprint density at radius 2 is 2.00 bits per heavy atom. The minimum Gasteiger partial charge on any atom is -0.351 e. The second kappa shape index (κ2) is 6.95. The maximum absolute atomic E-state index is 12.9. The molecule has 0 aliphatic carbocycles. The molecule has 0 radical (unpaired) electrons. The molecule has 0 aliphatic rings. The molecule has 0 fully saturated rings. The Hall–Kier alpha value is -2.50. The van der Waals surface area contributed by atoms with Crippen LogP contribution in [-0.4, -0.2) is 16.0 Å². The number of rotatable bonds is 1. The van der Waals surface area contributed by atoms with E-state index in [9.17, 15) is 9.18 Å². The number of urea groups is 1. The largest absolute Gasteiger partial charge is 0.351 e. The Labute approximate surface area is 104 Å². The first-order valence-corrected chi connectivity index (χ1v) is 5.12. The van der Waals surface area contributed by atoms with Crippen LogP contribution in [-0.2, 0) is 0 Å². The van der Waals surface area contributed by atoms with Crippen LogP contribution >= 0.6 is 0 Å². The van der Waals surface area contributed by atoms with E-state index in [2.05, 4.69) is 15.3 Å². The highest BCUT2D eigenvalue weighted by molar-refractivity contribution is 5.87. The van der Waals surface area contributed by atoms with Gasteiger partial charge in [0, 0.05) is 12.4 Å². The summed E-state index contributed by atoms with van der Waals surface area (Å²) in [6.07, 6.45) is 4.88. The predicted octanol–water partition coefficient (Wildman–Crippen LogP) is 2.10. The Balaban J connectivity index is 0.000000225. The molecule has 2 aromatic rings. The number of hydrogen-bond donors (Lipinski definition) is 2. The number of nitrogens with zero attached hydrogens (tertiary/aromatic N) is 2. The summed E-state index contributed by atoms with van der Waals surface area (Å²) in [5.41, 5.74) is 5.80. The van der Waals surface area contributed by atoms with Gasteiger partial charge in [-0.3, -0.25) is 0 Å². The normalized spacial score (nSPS) is 9.00. The maximum Gasteiger partial charge on any atom is 0.316 e. The molecule has 1 aromatic carbocycles. The van der Waals surface area contributed by atoms with Crippen LogP contribution in [0.3, 0.4) is 0 Å². The third-order valence-electron chi connectivity index (χ3n) is 1.86. The molecule has 0 bridgehead atoms. The van der Waals surface area contributed by atoms with Crippen molar-refractivity contribution in [1.82, 2.24) is 9.97 Å². The number of aryl methyl sites for hydroxylation is 1. The molecule has 0 spiro atoms. The van der Waals surface area contributed by atoms with Gasteiger partial charge in [0.15, 0.2) is 0 Å². The number of halogens is 1. The lowest BCUT2D eigenvalue weighted by Crippen LogP contribution is -2.20. The Bertz CT molecular complexity index is 478. The number of amides is 2. The maximum atomic E-state index is 12.9. The van der Waals surface area contributed by atoms with Crippen LogP contribution in [0, 0.1) is 12.7 Å². The summed E-state index contributed by atoms with van der Waals surface area (Å²) in [7, 11) is 0. The van der Waals surface area contributed by atoms with Crippen LogP contribution in [0.4, 0.5) is 14.9 Å². The van der Waals surface area contributed by atoms with E-state index in [1.165, 1.54) is 18.5 Å². The first kappa shape index (κ1) is 13.6. The van der Waals surface area contributed by atoms with Gasteiger partial charge in [0.2, 0.25) is 0 Å². The highest BCUT2D eigenvalue weighted by Crippen LogP contribution is 2.14. The van der Waals surface area contributed by atoms with E-state index in [0.717, 1.165) is 5.56 Å². The fourth-order valence-corrected chi connectivity index (χ4v) is 1.12. The molecule has 0 saturated carbocycles. The summed E-state index contributed by atoms with van der Waals surface area (Å²) in [6, 6.07) is 5.42. The summed E-state index contributed by atoms with van der Waals surface area (Å²) >= 11 is 0. The third-order valence-corrected chi connectivity index (χ3v) is 1.86. The minimum absolute atomic E-state index is 0.113. The number of hydrogen-bond acceptors (Lipinski definition) is 3. The molecule has 0 unspecified atom stereocenters. The van der Waals surface area contributed by atoms with Crippen molar-refractivity contribution in [2.75, 3.05) is 5.32 Å². The van der Waals surface area contributed by atoms with Crippen LogP contribution in [0.1, 0.15) is 5.56 Å². The molecule has 1 aromatic heterocycles. The molecule has 2 rings (SSSR count). The topological polar surface area (TPSA) is 80.9 Å².